The number of hydrogen-bond donors (Lipinski definition) is 2. The van der Waals surface area contributed by atoms with Crippen molar-refractivity contribution < 1.29 is 5.11 Å². The van der Waals surface area contributed by atoms with E-state index in [9.17, 15) is 5.11 Å². The molecule has 22 heavy (non-hydrogen) atoms. The Morgan fingerprint density at radius 3 is 2.64 bits per heavy atom. The summed E-state index contributed by atoms with van der Waals surface area (Å²) in [5.41, 5.74) is 1.47. The Bertz CT molecular complexity index is 582. The van der Waals surface area contributed by atoms with Crippen molar-refractivity contribution in [3.63, 3.8) is 0 Å². The number of likely N-dealkylation sites (N-methyl/N-ethyl adjacent to an activating group) is 1. The van der Waals surface area contributed by atoms with E-state index in [1.807, 2.05) is 42.6 Å². The van der Waals surface area contributed by atoms with Crippen LogP contribution in [0.3, 0.4) is 0 Å². The monoisotopic (exact) mass is 299 g/mol. The van der Waals surface area contributed by atoms with Gasteiger partial charge in [0.25, 0.3) is 0 Å². The predicted molar refractivity (Wildman–Crippen MR) is 88.5 cm³/mol. The van der Waals surface area contributed by atoms with Crippen LogP contribution in [0, 0.1) is 0 Å². The molecule has 1 aromatic carbocycles. The average molecular weight is 299 g/mol. The first-order chi connectivity index (χ1) is 10.6. The minimum Gasteiger partial charge on any atom is -0.383 e. The standard InChI is InChI=1S/C18H25N3O/c1-20(2)17-14-21(13-16-9-6-11-19-16)12-10-18(17,22)15-7-4-3-5-8-15/h3-9,11,17,19,22H,10,12-14H2,1-2H3. The third-order valence-electron chi connectivity index (χ3n) is 4.74. The van der Waals surface area contributed by atoms with Gasteiger partial charge in [0, 0.05) is 31.5 Å². The van der Waals surface area contributed by atoms with E-state index in [1.54, 1.807) is 0 Å². The normalized spacial score (nSPS) is 26.5. The fraction of sp³-hybridized carbons (Fsp3) is 0.444. The van der Waals surface area contributed by atoms with E-state index in [0.29, 0.717) is 0 Å². The van der Waals surface area contributed by atoms with Crippen LogP contribution in [-0.4, -0.2) is 53.1 Å². The lowest BCUT2D eigenvalue weighted by molar-refractivity contribution is -0.0894. The predicted octanol–water partition coefficient (Wildman–Crippen LogP) is 2.04. The van der Waals surface area contributed by atoms with Crippen LogP contribution in [0.4, 0.5) is 0 Å². The van der Waals surface area contributed by atoms with Crippen LogP contribution in [-0.2, 0) is 12.1 Å². The van der Waals surface area contributed by atoms with Gasteiger partial charge >= 0.3 is 0 Å². The molecule has 0 bridgehead atoms. The molecule has 0 amide bonds. The summed E-state index contributed by atoms with van der Waals surface area (Å²) in [6.07, 6.45) is 2.71. The van der Waals surface area contributed by atoms with Crippen LogP contribution in [0.1, 0.15) is 17.7 Å². The molecular formula is C18H25N3O. The van der Waals surface area contributed by atoms with Crippen LogP contribution in [0.25, 0.3) is 0 Å². The Labute approximate surface area is 132 Å². The van der Waals surface area contributed by atoms with Gasteiger partial charge in [-0.05, 0) is 38.2 Å². The summed E-state index contributed by atoms with van der Waals surface area (Å²) in [5, 5.41) is 11.3. The number of hydrogen-bond acceptors (Lipinski definition) is 3. The summed E-state index contributed by atoms with van der Waals surface area (Å²) >= 11 is 0. The number of likely N-dealkylation sites (tertiary alicyclic amines) is 1. The van der Waals surface area contributed by atoms with Gasteiger partial charge in [-0.2, -0.15) is 0 Å². The topological polar surface area (TPSA) is 42.5 Å². The Kier molecular flexibility index (Phi) is 4.34. The van der Waals surface area contributed by atoms with Crippen LogP contribution >= 0.6 is 0 Å². The molecule has 2 aromatic rings. The smallest absolute Gasteiger partial charge is 0.107 e. The molecule has 1 aromatic heterocycles. The minimum absolute atomic E-state index is 0.0820. The molecule has 3 rings (SSSR count). The molecule has 2 heterocycles. The van der Waals surface area contributed by atoms with Crippen molar-refractivity contribution in [3.05, 3.63) is 59.9 Å². The summed E-state index contributed by atoms with van der Waals surface area (Å²) in [6.45, 7) is 2.66. The second kappa shape index (κ2) is 6.24. The van der Waals surface area contributed by atoms with E-state index < -0.39 is 5.60 Å². The van der Waals surface area contributed by atoms with Crippen LogP contribution < -0.4 is 0 Å². The molecule has 1 saturated heterocycles. The fourth-order valence-electron chi connectivity index (χ4n) is 3.49. The highest BCUT2D eigenvalue weighted by Gasteiger charge is 2.43. The number of piperidine rings is 1. The Morgan fingerprint density at radius 1 is 1.23 bits per heavy atom. The lowest BCUT2D eigenvalue weighted by atomic mass is 9.80. The molecule has 2 N–H and O–H groups in total. The third-order valence-corrected chi connectivity index (χ3v) is 4.74. The first kappa shape index (κ1) is 15.3. The molecule has 0 radical (unpaired) electrons. The van der Waals surface area contributed by atoms with Gasteiger partial charge in [0.15, 0.2) is 0 Å². The Hall–Kier alpha value is -1.62. The summed E-state index contributed by atoms with van der Waals surface area (Å²) in [5.74, 6) is 0. The van der Waals surface area contributed by atoms with E-state index in [0.717, 1.165) is 31.6 Å². The minimum atomic E-state index is -0.781. The van der Waals surface area contributed by atoms with E-state index in [4.69, 9.17) is 0 Å². The maximum absolute atomic E-state index is 11.3. The van der Waals surface area contributed by atoms with Crippen molar-refractivity contribution in [2.75, 3.05) is 27.2 Å². The van der Waals surface area contributed by atoms with Crippen molar-refractivity contribution in [3.8, 4) is 0 Å². The molecule has 0 spiro atoms. The number of aromatic amines is 1. The van der Waals surface area contributed by atoms with Gasteiger partial charge in [-0.25, -0.2) is 0 Å². The van der Waals surface area contributed by atoms with Crippen LogP contribution in [0.2, 0.25) is 0 Å². The van der Waals surface area contributed by atoms with Gasteiger partial charge in [0.05, 0.1) is 6.04 Å². The highest BCUT2D eigenvalue weighted by atomic mass is 16.3. The van der Waals surface area contributed by atoms with Gasteiger partial charge in [-0.1, -0.05) is 30.3 Å². The van der Waals surface area contributed by atoms with Crippen molar-refractivity contribution in [2.24, 2.45) is 0 Å². The zero-order chi connectivity index (χ0) is 15.6. The molecule has 0 saturated carbocycles. The highest BCUT2D eigenvalue weighted by molar-refractivity contribution is 5.26. The quantitative estimate of drug-likeness (QED) is 0.908. The molecule has 1 aliphatic rings. The average Bonchev–Trinajstić information content (AvgIpc) is 3.03. The van der Waals surface area contributed by atoms with Crippen molar-refractivity contribution in [1.29, 1.82) is 0 Å². The van der Waals surface area contributed by atoms with Gasteiger partial charge < -0.3 is 15.0 Å². The molecular weight excluding hydrogens is 274 g/mol. The number of aromatic nitrogens is 1. The first-order valence-corrected chi connectivity index (χ1v) is 7.88. The van der Waals surface area contributed by atoms with E-state index in [2.05, 4.69) is 34.9 Å². The Balaban J connectivity index is 1.79. The fourth-order valence-corrected chi connectivity index (χ4v) is 3.49. The Morgan fingerprint density at radius 2 is 2.00 bits per heavy atom. The maximum Gasteiger partial charge on any atom is 0.107 e. The number of nitrogens with one attached hydrogen (secondary N) is 1. The SMILES string of the molecule is CN(C)C1CN(Cc2ccc[nH]2)CCC1(O)c1ccccc1. The second-order valence-corrected chi connectivity index (χ2v) is 6.45. The second-order valence-electron chi connectivity index (χ2n) is 6.45. The third kappa shape index (κ3) is 2.95. The summed E-state index contributed by atoms with van der Waals surface area (Å²) in [7, 11) is 4.10. The largest absolute Gasteiger partial charge is 0.383 e. The van der Waals surface area contributed by atoms with E-state index in [-0.39, 0.29) is 6.04 Å². The van der Waals surface area contributed by atoms with E-state index >= 15 is 0 Å². The van der Waals surface area contributed by atoms with Crippen molar-refractivity contribution in [1.82, 2.24) is 14.8 Å². The maximum atomic E-state index is 11.3. The molecule has 1 fully saturated rings. The number of aliphatic hydroxyl groups is 1. The molecule has 118 valence electrons. The highest BCUT2D eigenvalue weighted by Crippen LogP contribution is 2.35. The number of rotatable bonds is 4. The molecule has 4 nitrogen and oxygen atoms in total. The lowest BCUT2D eigenvalue weighted by Crippen LogP contribution is -2.58. The summed E-state index contributed by atoms with van der Waals surface area (Å²) in [4.78, 5) is 7.82. The summed E-state index contributed by atoms with van der Waals surface area (Å²) < 4.78 is 0. The van der Waals surface area contributed by atoms with Gasteiger partial charge in [0.1, 0.15) is 5.60 Å². The van der Waals surface area contributed by atoms with Crippen LogP contribution in [0.15, 0.2) is 48.7 Å². The first-order valence-electron chi connectivity index (χ1n) is 7.88. The van der Waals surface area contributed by atoms with Gasteiger partial charge in [-0.15, -0.1) is 0 Å². The number of benzene rings is 1. The zero-order valence-electron chi connectivity index (χ0n) is 13.4. The zero-order valence-corrected chi connectivity index (χ0v) is 13.4. The van der Waals surface area contributed by atoms with Gasteiger partial charge in [0.2, 0.25) is 0 Å². The summed E-state index contributed by atoms with van der Waals surface area (Å²) in [6, 6.07) is 14.3. The van der Waals surface area contributed by atoms with E-state index in [1.165, 1.54) is 5.69 Å². The van der Waals surface area contributed by atoms with Crippen LogP contribution in [0.5, 0.6) is 0 Å². The molecule has 2 atom stereocenters. The van der Waals surface area contributed by atoms with Gasteiger partial charge in [-0.3, -0.25) is 4.90 Å². The molecule has 2 unspecified atom stereocenters. The van der Waals surface area contributed by atoms with Crippen molar-refractivity contribution in [2.45, 2.75) is 24.6 Å². The molecule has 0 aliphatic carbocycles. The number of H-pyrrole nitrogens is 1. The molecule has 4 heteroatoms. The molecule has 1 aliphatic heterocycles. The number of nitrogens with zero attached hydrogens (tertiary/aromatic N) is 2. The van der Waals surface area contributed by atoms with Crippen molar-refractivity contribution >= 4 is 0 Å². The lowest BCUT2D eigenvalue weighted by Gasteiger charge is -2.47.